The maximum atomic E-state index is 14.0. The lowest BCUT2D eigenvalue weighted by Gasteiger charge is -2.36. The lowest BCUT2D eigenvalue weighted by atomic mass is 10.1. The lowest BCUT2D eigenvalue weighted by Crippen LogP contribution is -2.49. The Hall–Kier alpha value is -1.95. The molecule has 1 fully saturated rings. The minimum absolute atomic E-state index is 0.122. The van der Waals surface area contributed by atoms with Crippen LogP contribution in [0.2, 0.25) is 0 Å². The van der Waals surface area contributed by atoms with Gasteiger partial charge in [0.25, 0.3) is 5.91 Å². The van der Waals surface area contributed by atoms with Crippen molar-refractivity contribution in [1.29, 1.82) is 0 Å². The number of anilines is 1. The summed E-state index contributed by atoms with van der Waals surface area (Å²) < 4.78 is 14.7. The molecule has 1 aliphatic rings. The van der Waals surface area contributed by atoms with E-state index in [1.807, 2.05) is 6.92 Å². The molecule has 0 spiro atoms. The first kappa shape index (κ1) is 17.9. The van der Waals surface area contributed by atoms with Crippen LogP contribution >= 0.6 is 15.9 Å². The van der Waals surface area contributed by atoms with Gasteiger partial charge in [0.2, 0.25) is 0 Å². The molecule has 3 rings (SSSR count). The molecular weight excluding hydrogens is 385 g/mol. The molecule has 132 valence electrons. The van der Waals surface area contributed by atoms with Crippen LogP contribution in [0, 0.1) is 26.6 Å². The Morgan fingerprint density at radius 3 is 2.40 bits per heavy atom. The average Bonchev–Trinajstić information content (AvgIpc) is 2.58. The van der Waals surface area contributed by atoms with E-state index >= 15 is 0 Å². The Morgan fingerprint density at radius 1 is 1.08 bits per heavy atom. The van der Waals surface area contributed by atoms with Gasteiger partial charge in [-0.25, -0.2) is 9.37 Å². The SMILES string of the molecule is Cc1cc(C)c(N2CCN(C(=O)c3ccc(Br)cc3F)CC2)nc1C. The highest BCUT2D eigenvalue weighted by Crippen LogP contribution is 2.23. The molecular formula is C19H21BrFN3O. The summed E-state index contributed by atoms with van der Waals surface area (Å²) in [6.45, 7) is 8.63. The van der Waals surface area contributed by atoms with Crippen LogP contribution in [0.1, 0.15) is 27.2 Å². The number of carbonyl (C=O) groups is 1. The van der Waals surface area contributed by atoms with Gasteiger partial charge in [-0.1, -0.05) is 22.0 Å². The van der Waals surface area contributed by atoms with Crippen molar-refractivity contribution < 1.29 is 9.18 Å². The molecule has 25 heavy (non-hydrogen) atoms. The van der Waals surface area contributed by atoms with E-state index in [0.717, 1.165) is 17.1 Å². The molecule has 1 aromatic heterocycles. The molecule has 1 saturated heterocycles. The van der Waals surface area contributed by atoms with Crippen molar-refractivity contribution in [1.82, 2.24) is 9.88 Å². The molecule has 1 amide bonds. The number of hydrogen-bond acceptors (Lipinski definition) is 3. The number of piperazine rings is 1. The number of halogens is 2. The van der Waals surface area contributed by atoms with E-state index in [1.165, 1.54) is 17.7 Å². The molecule has 0 N–H and O–H groups in total. The van der Waals surface area contributed by atoms with Gasteiger partial charge in [0.05, 0.1) is 5.56 Å². The van der Waals surface area contributed by atoms with E-state index in [9.17, 15) is 9.18 Å². The summed E-state index contributed by atoms with van der Waals surface area (Å²) in [5.41, 5.74) is 3.47. The van der Waals surface area contributed by atoms with Gasteiger partial charge >= 0.3 is 0 Å². The minimum atomic E-state index is -0.492. The first-order valence-corrected chi connectivity index (χ1v) is 9.10. The number of aromatic nitrogens is 1. The molecule has 0 aliphatic carbocycles. The predicted octanol–water partition coefficient (Wildman–Crippen LogP) is 3.87. The molecule has 4 nitrogen and oxygen atoms in total. The summed E-state index contributed by atoms with van der Waals surface area (Å²) in [7, 11) is 0. The van der Waals surface area contributed by atoms with Gasteiger partial charge < -0.3 is 9.80 Å². The first-order chi connectivity index (χ1) is 11.9. The number of aryl methyl sites for hydroxylation is 3. The number of pyridine rings is 1. The third-order valence-electron chi connectivity index (χ3n) is 4.66. The molecule has 1 aliphatic heterocycles. The highest BCUT2D eigenvalue weighted by atomic mass is 79.9. The molecule has 0 bridgehead atoms. The number of amides is 1. The monoisotopic (exact) mass is 405 g/mol. The molecule has 1 aromatic carbocycles. The standard InChI is InChI=1S/C19H21BrFN3O/c1-12-10-13(2)18(22-14(12)3)23-6-8-24(9-7-23)19(25)16-5-4-15(20)11-17(16)21/h4-5,10-11H,6-9H2,1-3H3. The summed E-state index contributed by atoms with van der Waals surface area (Å²) in [5.74, 6) is 0.230. The van der Waals surface area contributed by atoms with Gasteiger partial charge in [-0.3, -0.25) is 4.79 Å². The molecule has 0 unspecified atom stereocenters. The zero-order valence-electron chi connectivity index (χ0n) is 14.6. The lowest BCUT2D eigenvalue weighted by molar-refractivity contribution is 0.0741. The van der Waals surface area contributed by atoms with E-state index in [4.69, 9.17) is 4.98 Å². The van der Waals surface area contributed by atoms with Crippen molar-refractivity contribution in [2.75, 3.05) is 31.1 Å². The maximum Gasteiger partial charge on any atom is 0.256 e. The zero-order chi connectivity index (χ0) is 18.1. The summed E-state index contributed by atoms with van der Waals surface area (Å²) in [6, 6.07) is 6.69. The second kappa shape index (κ2) is 7.12. The average molecular weight is 406 g/mol. The fraction of sp³-hybridized carbons (Fsp3) is 0.368. The van der Waals surface area contributed by atoms with Crippen LogP contribution in [0.15, 0.2) is 28.7 Å². The van der Waals surface area contributed by atoms with Gasteiger partial charge in [-0.05, 0) is 50.1 Å². The smallest absolute Gasteiger partial charge is 0.256 e. The summed E-state index contributed by atoms with van der Waals surface area (Å²) in [5, 5.41) is 0. The molecule has 0 atom stereocenters. The van der Waals surface area contributed by atoms with Crippen LogP contribution in [0.5, 0.6) is 0 Å². The number of benzene rings is 1. The third kappa shape index (κ3) is 3.68. The van der Waals surface area contributed by atoms with E-state index in [-0.39, 0.29) is 11.5 Å². The largest absolute Gasteiger partial charge is 0.353 e. The van der Waals surface area contributed by atoms with Gasteiger partial charge in [0.1, 0.15) is 11.6 Å². The van der Waals surface area contributed by atoms with Crippen LogP contribution < -0.4 is 4.90 Å². The fourth-order valence-electron chi connectivity index (χ4n) is 3.10. The fourth-order valence-corrected chi connectivity index (χ4v) is 3.44. The van der Waals surface area contributed by atoms with Crippen molar-refractivity contribution in [3.8, 4) is 0 Å². The van der Waals surface area contributed by atoms with Crippen molar-refractivity contribution in [3.05, 3.63) is 56.9 Å². The van der Waals surface area contributed by atoms with Gasteiger partial charge in [-0.2, -0.15) is 0 Å². The van der Waals surface area contributed by atoms with Gasteiger partial charge in [0.15, 0.2) is 0 Å². The first-order valence-electron chi connectivity index (χ1n) is 8.31. The second-order valence-corrected chi connectivity index (χ2v) is 7.35. The van der Waals surface area contributed by atoms with E-state index in [1.54, 1.807) is 11.0 Å². The summed E-state index contributed by atoms with van der Waals surface area (Å²) in [4.78, 5) is 21.2. The Balaban J connectivity index is 1.71. The predicted molar refractivity (Wildman–Crippen MR) is 101 cm³/mol. The highest BCUT2D eigenvalue weighted by Gasteiger charge is 2.25. The topological polar surface area (TPSA) is 36.4 Å². The van der Waals surface area contributed by atoms with Crippen LogP contribution in [-0.4, -0.2) is 42.0 Å². The molecule has 0 saturated carbocycles. The number of carbonyl (C=O) groups excluding carboxylic acids is 1. The zero-order valence-corrected chi connectivity index (χ0v) is 16.2. The number of nitrogens with zero attached hydrogens (tertiary/aromatic N) is 3. The Morgan fingerprint density at radius 2 is 1.76 bits per heavy atom. The van der Waals surface area contributed by atoms with Crippen LogP contribution in [0.4, 0.5) is 10.2 Å². The van der Waals surface area contributed by atoms with Crippen molar-refractivity contribution in [3.63, 3.8) is 0 Å². The molecule has 2 heterocycles. The van der Waals surface area contributed by atoms with Crippen molar-refractivity contribution in [2.45, 2.75) is 20.8 Å². The maximum absolute atomic E-state index is 14.0. The van der Waals surface area contributed by atoms with E-state index in [0.29, 0.717) is 30.7 Å². The quantitative estimate of drug-likeness (QED) is 0.760. The van der Waals surface area contributed by atoms with Crippen molar-refractivity contribution >= 4 is 27.7 Å². The highest BCUT2D eigenvalue weighted by molar-refractivity contribution is 9.10. The van der Waals surface area contributed by atoms with Crippen LogP contribution in [0.3, 0.4) is 0 Å². The summed E-state index contributed by atoms with van der Waals surface area (Å²) in [6.07, 6.45) is 0. The minimum Gasteiger partial charge on any atom is -0.353 e. The van der Waals surface area contributed by atoms with E-state index in [2.05, 4.69) is 40.7 Å². The third-order valence-corrected chi connectivity index (χ3v) is 5.15. The molecule has 2 aromatic rings. The normalized spacial score (nSPS) is 14.8. The Bertz CT molecular complexity index is 817. The molecule has 0 radical (unpaired) electrons. The summed E-state index contributed by atoms with van der Waals surface area (Å²) >= 11 is 3.21. The number of rotatable bonds is 2. The van der Waals surface area contributed by atoms with Crippen molar-refractivity contribution in [2.24, 2.45) is 0 Å². The van der Waals surface area contributed by atoms with Crippen LogP contribution in [-0.2, 0) is 0 Å². The van der Waals surface area contributed by atoms with Crippen LogP contribution in [0.25, 0.3) is 0 Å². The van der Waals surface area contributed by atoms with E-state index < -0.39 is 5.82 Å². The number of hydrogen-bond donors (Lipinski definition) is 0. The van der Waals surface area contributed by atoms with Gasteiger partial charge in [-0.15, -0.1) is 0 Å². The molecule has 6 heteroatoms. The Kier molecular flexibility index (Phi) is 5.08. The van der Waals surface area contributed by atoms with Gasteiger partial charge in [0, 0.05) is 36.3 Å². The Labute approximate surface area is 155 Å². The second-order valence-electron chi connectivity index (χ2n) is 6.43.